The summed E-state index contributed by atoms with van der Waals surface area (Å²) in [5, 5.41) is 9.55. The zero-order valence-corrected chi connectivity index (χ0v) is 12.4. The van der Waals surface area contributed by atoms with Crippen LogP contribution in [-0.2, 0) is 0 Å². The van der Waals surface area contributed by atoms with Gasteiger partial charge in [-0.2, -0.15) is 0 Å². The maximum absolute atomic E-state index is 14.2. The van der Waals surface area contributed by atoms with Crippen LogP contribution in [0.2, 0.25) is 5.02 Å². The Morgan fingerprint density at radius 2 is 2.00 bits per heavy atom. The van der Waals surface area contributed by atoms with E-state index in [4.69, 9.17) is 21.4 Å². The highest BCUT2D eigenvalue weighted by molar-refractivity contribution is 6.30. The largest absolute Gasteiger partial charge is 0.486 e. The van der Waals surface area contributed by atoms with Crippen LogP contribution in [0.5, 0.6) is 5.75 Å². The molecule has 1 aliphatic rings. The van der Waals surface area contributed by atoms with Crippen LogP contribution in [0.4, 0.5) is 4.39 Å². The Balaban J connectivity index is 2.22. The van der Waals surface area contributed by atoms with Gasteiger partial charge >= 0.3 is 5.97 Å². The van der Waals surface area contributed by atoms with Crippen molar-refractivity contribution in [3.8, 4) is 5.75 Å². The molecule has 0 amide bonds. The fraction of sp³-hybridized carbons (Fsp3) is 0.118. The van der Waals surface area contributed by atoms with Crippen LogP contribution in [0.1, 0.15) is 28.4 Å². The zero-order valence-electron chi connectivity index (χ0n) is 11.6. The van der Waals surface area contributed by atoms with E-state index in [-0.39, 0.29) is 11.7 Å². The van der Waals surface area contributed by atoms with E-state index in [9.17, 15) is 9.18 Å². The van der Waals surface area contributed by atoms with E-state index in [1.165, 1.54) is 30.3 Å². The molecule has 22 heavy (non-hydrogen) atoms. The highest BCUT2D eigenvalue weighted by atomic mass is 35.5. The summed E-state index contributed by atoms with van der Waals surface area (Å²) >= 11 is 5.96. The summed E-state index contributed by atoms with van der Waals surface area (Å²) in [5.41, 5.74) is 1.56. The topological polar surface area (TPSA) is 46.5 Å². The number of fused-ring (bicyclic) bond motifs is 1. The molecule has 1 heterocycles. The van der Waals surface area contributed by atoms with Crippen molar-refractivity contribution in [1.82, 2.24) is 0 Å². The van der Waals surface area contributed by atoms with Gasteiger partial charge in [-0.15, -0.1) is 0 Å². The van der Waals surface area contributed by atoms with Crippen LogP contribution in [-0.4, -0.2) is 17.2 Å². The third kappa shape index (κ3) is 2.57. The van der Waals surface area contributed by atoms with Crippen molar-refractivity contribution in [2.45, 2.75) is 13.0 Å². The number of ether oxygens (including phenoxy) is 1. The first-order valence-corrected chi connectivity index (χ1v) is 7.05. The van der Waals surface area contributed by atoms with Crippen LogP contribution in [0.25, 0.3) is 5.57 Å². The maximum atomic E-state index is 14.2. The first-order valence-electron chi connectivity index (χ1n) is 6.67. The van der Waals surface area contributed by atoms with Crippen LogP contribution < -0.4 is 4.74 Å². The number of carbonyl (C=O) groups is 1. The average molecular weight is 319 g/mol. The van der Waals surface area contributed by atoms with Crippen LogP contribution >= 0.6 is 11.6 Å². The molecule has 0 spiro atoms. The van der Waals surface area contributed by atoms with Gasteiger partial charge in [0.2, 0.25) is 0 Å². The van der Waals surface area contributed by atoms with Crippen molar-refractivity contribution in [2.75, 3.05) is 0 Å². The van der Waals surface area contributed by atoms with Gasteiger partial charge in [-0.25, -0.2) is 9.18 Å². The molecule has 0 saturated carbocycles. The average Bonchev–Trinajstić information content (AvgIpc) is 2.48. The fourth-order valence-corrected chi connectivity index (χ4v) is 2.65. The molecule has 2 aromatic carbocycles. The van der Waals surface area contributed by atoms with E-state index in [0.29, 0.717) is 27.5 Å². The Bertz CT molecular complexity index is 798. The number of carboxylic acid groups (broad SMARTS) is 1. The van der Waals surface area contributed by atoms with Crippen molar-refractivity contribution in [3.05, 3.63) is 70.0 Å². The lowest BCUT2D eigenvalue weighted by molar-refractivity contribution is 0.0697. The van der Waals surface area contributed by atoms with E-state index in [0.717, 1.165) is 0 Å². The number of hydrogen-bond donors (Lipinski definition) is 1. The quantitative estimate of drug-likeness (QED) is 0.893. The van der Waals surface area contributed by atoms with E-state index in [1.54, 1.807) is 12.1 Å². The zero-order chi connectivity index (χ0) is 15.9. The minimum atomic E-state index is -1.05. The molecule has 112 valence electrons. The van der Waals surface area contributed by atoms with Gasteiger partial charge < -0.3 is 9.84 Å². The number of halogens is 2. The monoisotopic (exact) mass is 318 g/mol. The van der Waals surface area contributed by atoms with E-state index in [2.05, 4.69) is 0 Å². The summed E-state index contributed by atoms with van der Waals surface area (Å²) in [7, 11) is 0. The van der Waals surface area contributed by atoms with Crippen molar-refractivity contribution in [3.63, 3.8) is 0 Å². The van der Waals surface area contributed by atoms with Gasteiger partial charge in [0.05, 0.1) is 5.56 Å². The van der Waals surface area contributed by atoms with Crippen molar-refractivity contribution >= 4 is 23.1 Å². The van der Waals surface area contributed by atoms with Crippen molar-refractivity contribution < 1.29 is 19.0 Å². The summed E-state index contributed by atoms with van der Waals surface area (Å²) in [6.07, 6.45) is 1.50. The minimum Gasteiger partial charge on any atom is -0.486 e. The second kappa shape index (κ2) is 5.46. The van der Waals surface area contributed by atoms with Crippen LogP contribution in [0.15, 0.2) is 42.5 Å². The lowest BCUT2D eigenvalue weighted by Crippen LogP contribution is -2.16. The summed E-state index contributed by atoms with van der Waals surface area (Å²) in [5.74, 6) is -0.946. The Hall–Kier alpha value is -2.33. The number of rotatable bonds is 2. The van der Waals surface area contributed by atoms with Gasteiger partial charge in [-0.1, -0.05) is 11.6 Å². The summed E-state index contributed by atoms with van der Waals surface area (Å²) in [4.78, 5) is 11.2. The molecule has 3 nitrogen and oxygen atoms in total. The van der Waals surface area contributed by atoms with E-state index < -0.39 is 11.8 Å². The summed E-state index contributed by atoms with van der Waals surface area (Å²) in [6, 6.07) is 8.82. The van der Waals surface area contributed by atoms with Gasteiger partial charge in [-0.3, -0.25) is 0 Å². The minimum absolute atomic E-state index is 0.116. The van der Waals surface area contributed by atoms with Gasteiger partial charge in [0.25, 0.3) is 0 Å². The lowest BCUT2D eigenvalue weighted by Gasteiger charge is -2.24. The third-order valence-corrected chi connectivity index (χ3v) is 3.68. The maximum Gasteiger partial charge on any atom is 0.335 e. The normalized spacial score (nSPS) is 16.5. The molecular weight excluding hydrogens is 307 g/mol. The second-order valence-electron chi connectivity index (χ2n) is 5.04. The first kappa shape index (κ1) is 14.6. The smallest absolute Gasteiger partial charge is 0.335 e. The van der Waals surface area contributed by atoms with Crippen LogP contribution in [0.3, 0.4) is 0 Å². The number of aromatic carboxylic acids is 1. The molecule has 3 rings (SSSR count). The Kier molecular flexibility index (Phi) is 3.62. The molecule has 0 aliphatic carbocycles. The van der Waals surface area contributed by atoms with Crippen molar-refractivity contribution in [1.29, 1.82) is 0 Å². The Morgan fingerprint density at radius 1 is 1.23 bits per heavy atom. The Morgan fingerprint density at radius 3 is 2.73 bits per heavy atom. The molecular formula is C17H12ClFO3. The molecule has 1 unspecified atom stereocenters. The van der Waals surface area contributed by atoms with E-state index in [1.807, 2.05) is 6.92 Å². The molecule has 5 heteroatoms. The number of hydrogen-bond acceptors (Lipinski definition) is 2. The van der Waals surface area contributed by atoms with Gasteiger partial charge in [0.1, 0.15) is 17.7 Å². The molecule has 1 N–H and O–H groups in total. The third-order valence-electron chi connectivity index (χ3n) is 3.45. The second-order valence-corrected chi connectivity index (χ2v) is 5.48. The summed E-state index contributed by atoms with van der Waals surface area (Å²) in [6.45, 7) is 1.83. The molecule has 0 fully saturated rings. The Labute approximate surface area is 131 Å². The predicted molar refractivity (Wildman–Crippen MR) is 82.0 cm³/mol. The number of carboxylic acids is 1. The standard InChI is InChI=1S/C17H12ClFO3/c1-9-6-12(13-8-11(18)3-4-15(13)19)14-7-10(17(20)21)2-5-16(14)22-9/h2-9H,1H3,(H,20,21). The highest BCUT2D eigenvalue weighted by Gasteiger charge is 2.23. The molecule has 0 bridgehead atoms. The lowest BCUT2D eigenvalue weighted by atomic mass is 9.92. The van der Waals surface area contributed by atoms with Crippen molar-refractivity contribution in [2.24, 2.45) is 0 Å². The highest BCUT2D eigenvalue weighted by Crippen LogP contribution is 2.38. The van der Waals surface area contributed by atoms with Crippen LogP contribution in [0, 0.1) is 5.82 Å². The predicted octanol–water partition coefficient (Wildman–Crippen LogP) is 4.39. The molecule has 1 atom stereocenters. The first-order chi connectivity index (χ1) is 10.5. The number of benzene rings is 2. The fourth-order valence-electron chi connectivity index (χ4n) is 2.47. The van der Waals surface area contributed by atoms with E-state index >= 15 is 0 Å². The molecule has 0 radical (unpaired) electrons. The van der Waals surface area contributed by atoms with Gasteiger partial charge in [-0.05, 0) is 55.0 Å². The molecule has 0 aromatic heterocycles. The van der Waals surface area contributed by atoms with Gasteiger partial charge in [0.15, 0.2) is 0 Å². The summed E-state index contributed by atoms with van der Waals surface area (Å²) < 4.78 is 19.8. The molecule has 1 aliphatic heterocycles. The molecule has 2 aromatic rings. The SMILES string of the molecule is CC1C=C(c2cc(Cl)ccc2F)c2cc(C(=O)O)ccc2O1. The molecule has 0 saturated heterocycles. The van der Waals surface area contributed by atoms with Gasteiger partial charge in [0, 0.05) is 16.1 Å².